The molecule has 1 aliphatic carbocycles. The summed E-state index contributed by atoms with van der Waals surface area (Å²) in [5.74, 6) is -5.55. The van der Waals surface area contributed by atoms with Crippen LogP contribution in [0.1, 0.15) is 24.8 Å². The number of hydrogen-bond acceptors (Lipinski definition) is 5. The monoisotopic (exact) mass is 619 g/mol. The number of carbonyl (C=O) groups is 2. The summed E-state index contributed by atoms with van der Waals surface area (Å²) in [6.07, 6.45) is -19.1. The highest BCUT2D eigenvalue weighted by Gasteiger charge is 2.70. The number of rotatable bonds is 6. The number of carboxylic acids is 1. The maximum atomic E-state index is 14.3. The third kappa shape index (κ3) is 5.55. The summed E-state index contributed by atoms with van der Waals surface area (Å²) < 4.78 is 154. The Labute approximate surface area is 225 Å². The Morgan fingerprint density at radius 3 is 1.98 bits per heavy atom. The fourth-order valence-electron chi connectivity index (χ4n) is 4.82. The number of carbonyl (C=O) groups excluding carboxylic acids is 1. The Kier molecular flexibility index (Phi) is 7.28. The fraction of sp³-hybridized carbons (Fsp3) is 0.417. The van der Waals surface area contributed by atoms with Crippen LogP contribution in [0.3, 0.4) is 0 Å². The van der Waals surface area contributed by atoms with Crippen molar-refractivity contribution in [3.63, 3.8) is 0 Å². The van der Waals surface area contributed by atoms with Crippen molar-refractivity contribution in [1.29, 1.82) is 0 Å². The van der Waals surface area contributed by atoms with Gasteiger partial charge < -0.3 is 14.7 Å². The number of likely N-dealkylation sites (tertiary alicyclic amines) is 1. The standard InChI is InChI=1S/C24H18F9NO6S/c25-22(26,27)17-16(7-6-14(12-4-2-1-3-5-12)18(17)40-24(31,32)33)41(38,39)13-10-15(19(35)36)34(11-13)20(37)21(8-9-21)23(28,29)30/h1-7,13,15H,8-11H2,(H,35,36)/t13-,15+/m1/s1. The number of nitrogens with zero attached hydrogens (tertiary/aromatic N) is 1. The molecule has 0 aromatic heterocycles. The maximum absolute atomic E-state index is 14.3. The van der Waals surface area contributed by atoms with Crippen molar-refractivity contribution in [1.82, 2.24) is 4.90 Å². The highest BCUT2D eigenvalue weighted by molar-refractivity contribution is 7.92. The van der Waals surface area contributed by atoms with Gasteiger partial charge in [-0.15, -0.1) is 13.2 Å². The first-order valence-electron chi connectivity index (χ1n) is 11.6. The van der Waals surface area contributed by atoms with Gasteiger partial charge in [0.25, 0.3) is 0 Å². The van der Waals surface area contributed by atoms with Crippen LogP contribution in [0.25, 0.3) is 11.1 Å². The normalized spacial score (nSPS) is 21.0. The Hall–Kier alpha value is -3.50. The first kappa shape index (κ1) is 30.5. The van der Waals surface area contributed by atoms with Gasteiger partial charge in [-0.05, 0) is 37.0 Å². The van der Waals surface area contributed by atoms with Crippen LogP contribution in [0.2, 0.25) is 0 Å². The van der Waals surface area contributed by atoms with Crippen LogP contribution < -0.4 is 4.74 Å². The van der Waals surface area contributed by atoms with Gasteiger partial charge in [0, 0.05) is 12.1 Å². The molecular weight excluding hydrogens is 601 g/mol. The third-order valence-corrected chi connectivity index (χ3v) is 9.13. The summed E-state index contributed by atoms with van der Waals surface area (Å²) in [7, 11) is -5.43. The summed E-state index contributed by atoms with van der Waals surface area (Å²) in [4.78, 5) is 23.0. The van der Waals surface area contributed by atoms with Gasteiger partial charge in [-0.1, -0.05) is 30.3 Å². The van der Waals surface area contributed by atoms with Crippen molar-refractivity contribution in [2.45, 2.75) is 54.2 Å². The van der Waals surface area contributed by atoms with Crippen molar-refractivity contribution in [2.24, 2.45) is 5.41 Å². The molecule has 7 nitrogen and oxygen atoms in total. The van der Waals surface area contributed by atoms with Gasteiger partial charge >= 0.3 is 24.7 Å². The van der Waals surface area contributed by atoms with Crippen LogP contribution in [0.15, 0.2) is 47.4 Å². The summed E-state index contributed by atoms with van der Waals surface area (Å²) in [5, 5.41) is 7.30. The minimum Gasteiger partial charge on any atom is -0.480 e. The van der Waals surface area contributed by atoms with E-state index in [0.29, 0.717) is 12.1 Å². The quantitative estimate of drug-likeness (QED) is 0.433. The van der Waals surface area contributed by atoms with Crippen molar-refractivity contribution in [3.05, 3.63) is 48.0 Å². The Bertz CT molecular complexity index is 1470. The molecule has 1 N–H and O–H groups in total. The topological polar surface area (TPSA) is 101 Å². The minimum atomic E-state index is -5.78. The number of halogens is 9. The van der Waals surface area contributed by atoms with E-state index >= 15 is 0 Å². The van der Waals surface area contributed by atoms with E-state index in [2.05, 4.69) is 4.74 Å². The van der Waals surface area contributed by atoms with Crippen molar-refractivity contribution < 1.29 is 67.4 Å². The van der Waals surface area contributed by atoms with Crippen molar-refractivity contribution >= 4 is 21.7 Å². The smallest absolute Gasteiger partial charge is 0.480 e. The van der Waals surface area contributed by atoms with E-state index < -0.39 is 105 Å². The minimum absolute atomic E-state index is 0.143. The molecule has 4 rings (SSSR count). The largest absolute Gasteiger partial charge is 0.573 e. The highest BCUT2D eigenvalue weighted by atomic mass is 32.2. The molecule has 1 heterocycles. The fourth-order valence-corrected chi connectivity index (χ4v) is 6.72. The second-order valence-electron chi connectivity index (χ2n) is 9.52. The lowest BCUT2D eigenvalue weighted by Crippen LogP contribution is -2.48. The first-order chi connectivity index (χ1) is 18.7. The Morgan fingerprint density at radius 2 is 1.51 bits per heavy atom. The lowest BCUT2D eigenvalue weighted by atomic mass is 10.0. The van der Waals surface area contributed by atoms with Crippen LogP contribution in [0, 0.1) is 5.41 Å². The van der Waals surface area contributed by atoms with Gasteiger partial charge in [0.05, 0.1) is 10.1 Å². The second-order valence-corrected chi connectivity index (χ2v) is 11.7. The van der Waals surface area contributed by atoms with E-state index in [1.165, 1.54) is 18.2 Å². The van der Waals surface area contributed by atoms with Crippen molar-refractivity contribution in [3.8, 4) is 16.9 Å². The average Bonchev–Trinajstić information content (AvgIpc) is 3.54. The van der Waals surface area contributed by atoms with Crippen LogP contribution in [0.5, 0.6) is 5.75 Å². The number of alkyl halides is 9. The summed E-state index contributed by atoms with van der Waals surface area (Å²) in [6.45, 7) is -1.23. The van der Waals surface area contributed by atoms with E-state index in [9.17, 15) is 62.6 Å². The molecule has 2 atom stereocenters. The van der Waals surface area contributed by atoms with Gasteiger partial charge in [-0.3, -0.25) is 4.79 Å². The summed E-state index contributed by atoms with van der Waals surface area (Å²) in [5.41, 5.74) is -6.28. The molecule has 0 unspecified atom stereocenters. The molecule has 2 fully saturated rings. The molecule has 2 aromatic rings. The molecule has 1 amide bonds. The zero-order valence-corrected chi connectivity index (χ0v) is 21.1. The third-order valence-electron chi connectivity index (χ3n) is 6.96. The van der Waals surface area contributed by atoms with Crippen LogP contribution in [0.4, 0.5) is 39.5 Å². The number of aliphatic carboxylic acids is 1. The number of amides is 1. The summed E-state index contributed by atoms with van der Waals surface area (Å²) >= 11 is 0. The Morgan fingerprint density at radius 1 is 0.927 bits per heavy atom. The van der Waals surface area contributed by atoms with E-state index in [1.807, 2.05) is 0 Å². The lowest BCUT2D eigenvalue weighted by Gasteiger charge is -2.28. The summed E-state index contributed by atoms with van der Waals surface area (Å²) in [6, 6.07) is 5.11. The van der Waals surface area contributed by atoms with Crippen LogP contribution in [-0.4, -0.2) is 60.7 Å². The first-order valence-corrected chi connectivity index (χ1v) is 13.2. The van der Waals surface area contributed by atoms with Gasteiger partial charge in [0.15, 0.2) is 15.6 Å². The van der Waals surface area contributed by atoms with Gasteiger partial charge in [-0.2, -0.15) is 26.3 Å². The van der Waals surface area contributed by atoms with Crippen LogP contribution >= 0.6 is 0 Å². The molecule has 17 heteroatoms. The van der Waals surface area contributed by atoms with E-state index in [4.69, 9.17) is 0 Å². The zero-order valence-electron chi connectivity index (χ0n) is 20.3. The molecular formula is C24H18F9NO6S. The predicted octanol–water partition coefficient (Wildman–Crippen LogP) is 5.44. The molecule has 0 radical (unpaired) electrons. The predicted molar refractivity (Wildman–Crippen MR) is 120 cm³/mol. The zero-order chi connectivity index (χ0) is 30.8. The molecule has 41 heavy (non-hydrogen) atoms. The van der Waals surface area contributed by atoms with Crippen molar-refractivity contribution in [2.75, 3.05) is 6.54 Å². The number of benzene rings is 2. The van der Waals surface area contributed by atoms with Gasteiger partial charge in [0.2, 0.25) is 5.91 Å². The number of carboxylic acid groups (broad SMARTS) is 1. The molecule has 0 spiro atoms. The Balaban J connectivity index is 1.85. The van der Waals surface area contributed by atoms with E-state index in [-0.39, 0.29) is 10.5 Å². The molecule has 0 bridgehead atoms. The molecule has 224 valence electrons. The molecule has 1 saturated heterocycles. The van der Waals surface area contributed by atoms with Gasteiger partial charge in [0.1, 0.15) is 17.0 Å². The SMILES string of the molecule is O=C(O)[C@@H]1C[C@@H](S(=O)(=O)c2ccc(-c3ccccc3)c(OC(F)(F)F)c2C(F)(F)F)CN1C(=O)C1(C(F)(F)F)CC1. The second kappa shape index (κ2) is 9.80. The molecule has 2 aliphatic rings. The molecule has 1 saturated carbocycles. The number of hydrogen-bond donors (Lipinski definition) is 1. The number of sulfone groups is 1. The van der Waals surface area contributed by atoms with E-state index in [0.717, 1.165) is 12.1 Å². The average molecular weight is 619 g/mol. The lowest BCUT2D eigenvalue weighted by molar-refractivity contribution is -0.276. The van der Waals surface area contributed by atoms with E-state index in [1.54, 1.807) is 0 Å². The molecule has 1 aliphatic heterocycles. The highest BCUT2D eigenvalue weighted by Crippen LogP contribution is 2.59. The van der Waals surface area contributed by atoms with Crippen LogP contribution in [-0.2, 0) is 25.6 Å². The maximum Gasteiger partial charge on any atom is 0.573 e. The number of ether oxygens (including phenoxy) is 1. The van der Waals surface area contributed by atoms with Gasteiger partial charge in [-0.25, -0.2) is 13.2 Å². The molecule has 2 aromatic carbocycles.